The first-order chi connectivity index (χ1) is 9.56. The normalized spacial score (nSPS) is 10.4. The van der Waals surface area contributed by atoms with Gasteiger partial charge in [-0.1, -0.05) is 29.8 Å². The molecule has 0 spiro atoms. The molecule has 0 atom stereocenters. The van der Waals surface area contributed by atoms with Crippen molar-refractivity contribution in [3.8, 4) is 0 Å². The maximum absolute atomic E-state index is 11.8. The maximum atomic E-state index is 11.8. The summed E-state index contributed by atoms with van der Waals surface area (Å²) in [5, 5.41) is 13.4. The van der Waals surface area contributed by atoms with Gasteiger partial charge in [0.05, 0.1) is 18.7 Å². The summed E-state index contributed by atoms with van der Waals surface area (Å²) in [6.45, 7) is 0.263. The summed E-state index contributed by atoms with van der Waals surface area (Å²) in [6.07, 6.45) is 0.273. The van der Waals surface area contributed by atoms with E-state index in [4.69, 9.17) is 16.7 Å². The van der Waals surface area contributed by atoms with Crippen molar-refractivity contribution in [2.45, 2.75) is 19.4 Å². The SMILES string of the molecule is O=C(O)CCc1ccc(=O)n(Cc2ccccc2Cl)n1. The second-order valence-corrected chi connectivity index (χ2v) is 4.71. The van der Waals surface area contributed by atoms with Gasteiger partial charge in [0.2, 0.25) is 0 Å². The van der Waals surface area contributed by atoms with Crippen LogP contribution in [0.3, 0.4) is 0 Å². The average molecular weight is 293 g/mol. The third-order valence-electron chi connectivity index (χ3n) is 2.79. The number of rotatable bonds is 5. The number of benzene rings is 1. The molecule has 6 heteroatoms. The molecule has 104 valence electrons. The summed E-state index contributed by atoms with van der Waals surface area (Å²) in [6, 6.07) is 10.2. The molecule has 0 aliphatic carbocycles. The molecule has 0 aliphatic heterocycles. The van der Waals surface area contributed by atoms with Crippen LogP contribution in [0, 0.1) is 0 Å². The second-order valence-electron chi connectivity index (χ2n) is 4.31. The molecule has 2 aromatic rings. The molecule has 1 aromatic heterocycles. The molecule has 5 nitrogen and oxygen atoms in total. The first kappa shape index (κ1) is 14.3. The number of carbonyl (C=O) groups is 1. The number of aryl methyl sites for hydroxylation is 1. The molecule has 0 saturated carbocycles. The minimum absolute atomic E-state index is 0.0166. The molecule has 0 amide bonds. The highest BCUT2D eigenvalue weighted by atomic mass is 35.5. The van der Waals surface area contributed by atoms with Crippen molar-refractivity contribution >= 4 is 17.6 Å². The Morgan fingerprint density at radius 3 is 2.70 bits per heavy atom. The molecule has 0 saturated heterocycles. The van der Waals surface area contributed by atoms with Gasteiger partial charge in [0.15, 0.2) is 0 Å². The fourth-order valence-corrected chi connectivity index (χ4v) is 1.96. The highest BCUT2D eigenvalue weighted by molar-refractivity contribution is 6.31. The van der Waals surface area contributed by atoms with Crippen molar-refractivity contribution in [1.29, 1.82) is 0 Å². The van der Waals surface area contributed by atoms with Crippen molar-refractivity contribution in [2.24, 2.45) is 0 Å². The maximum Gasteiger partial charge on any atom is 0.303 e. The van der Waals surface area contributed by atoms with Crippen molar-refractivity contribution in [3.05, 3.63) is 63.0 Å². The molecule has 1 N–H and O–H groups in total. The molecular formula is C14H13ClN2O3. The van der Waals surface area contributed by atoms with Gasteiger partial charge in [-0.25, -0.2) is 4.68 Å². The van der Waals surface area contributed by atoms with E-state index in [1.807, 2.05) is 18.2 Å². The van der Waals surface area contributed by atoms with Crippen LogP contribution in [0.25, 0.3) is 0 Å². The molecule has 1 heterocycles. The molecule has 0 unspecified atom stereocenters. The van der Waals surface area contributed by atoms with Crippen LogP contribution in [-0.4, -0.2) is 20.9 Å². The number of hydrogen-bond acceptors (Lipinski definition) is 3. The van der Waals surface area contributed by atoms with Gasteiger partial charge < -0.3 is 5.11 Å². The van der Waals surface area contributed by atoms with Gasteiger partial charge in [0, 0.05) is 17.5 Å². The van der Waals surface area contributed by atoms with Gasteiger partial charge in [0.25, 0.3) is 5.56 Å². The van der Waals surface area contributed by atoms with Crippen LogP contribution in [0.1, 0.15) is 17.7 Å². The molecule has 1 aromatic carbocycles. The molecule has 0 fully saturated rings. The Bertz CT molecular complexity index is 682. The standard InChI is InChI=1S/C14H13ClN2O3/c15-12-4-2-1-3-10(12)9-17-13(18)7-5-11(16-17)6-8-14(19)20/h1-5,7H,6,8-9H2,(H,19,20). The summed E-state index contributed by atoms with van der Waals surface area (Å²) >= 11 is 6.05. The largest absolute Gasteiger partial charge is 0.481 e. The fourth-order valence-electron chi connectivity index (χ4n) is 1.76. The minimum Gasteiger partial charge on any atom is -0.481 e. The van der Waals surface area contributed by atoms with Crippen LogP contribution < -0.4 is 5.56 Å². The monoisotopic (exact) mass is 292 g/mol. The van der Waals surface area contributed by atoms with Crippen molar-refractivity contribution in [1.82, 2.24) is 9.78 Å². The zero-order chi connectivity index (χ0) is 14.5. The summed E-state index contributed by atoms with van der Waals surface area (Å²) in [5.41, 5.74) is 1.11. The number of aliphatic carboxylic acids is 1. The van der Waals surface area contributed by atoms with Crippen molar-refractivity contribution in [2.75, 3.05) is 0 Å². The Morgan fingerprint density at radius 1 is 1.25 bits per heavy atom. The number of aromatic nitrogens is 2. The van der Waals surface area contributed by atoms with Crippen LogP contribution in [0.4, 0.5) is 0 Å². The molecule has 0 aliphatic rings. The van der Waals surface area contributed by atoms with Gasteiger partial charge in [-0.2, -0.15) is 5.10 Å². The van der Waals surface area contributed by atoms with Gasteiger partial charge >= 0.3 is 5.97 Å². The van der Waals surface area contributed by atoms with Crippen molar-refractivity contribution < 1.29 is 9.90 Å². The third-order valence-corrected chi connectivity index (χ3v) is 3.16. The lowest BCUT2D eigenvalue weighted by molar-refractivity contribution is -0.136. The van der Waals surface area contributed by atoms with Crippen molar-refractivity contribution in [3.63, 3.8) is 0 Å². The lowest BCUT2D eigenvalue weighted by atomic mass is 10.2. The quantitative estimate of drug-likeness (QED) is 0.914. The lowest BCUT2D eigenvalue weighted by Gasteiger charge is -2.08. The number of nitrogens with zero attached hydrogens (tertiary/aromatic N) is 2. The molecule has 0 bridgehead atoms. The van der Waals surface area contributed by atoms with Gasteiger partial charge in [-0.3, -0.25) is 9.59 Å². The Balaban J connectivity index is 2.23. The topological polar surface area (TPSA) is 72.2 Å². The van der Waals surface area contributed by atoms with E-state index < -0.39 is 5.97 Å². The molecule has 0 radical (unpaired) electrons. The first-order valence-electron chi connectivity index (χ1n) is 6.08. The average Bonchev–Trinajstić information content (AvgIpc) is 2.42. The highest BCUT2D eigenvalue weighted by Crippen LogP contribution is 2.15. The summed E-state index contributed by atoms with van der Waals surface area (Å²) in [7, 11) is 0. The van der Waals surface area contributed by atoms with E-state index in [0.29, 0.717) is 10.7 Å². The zero-order valence-corrected chi connectivity index (χ0v) is 11.4. The van der Waals surface area contributed by atoms with E-state index in [9.17, 15) is 9.59 Å². The smallest absolute Gasteiger partial charge is 0.303 e. The number of halogens is 1. The van der Waals surface area contributed by atoms with Gasteiger partial charge in [-0.05, 0) is 17.7 Å². The predicted octanol–water partition coefficient (Wildman–Crippen LogP) is 1.96. The van der Waals surface area contributed by atoms with E-state index in [0.717, 1.165) is 5.56 Å². The Kier molecular flexibility index (Phi) is 4.53. The Hall–Kier alpha value is -2.14. The van der Waals surface area contributed by atoms with Crippen LogP contribution in [-0.2, 0) is 17.8 Å². The van der Waals surface area contributed by atoms with E-state index in [1.54, 1.807) is 12.1 Å². The first-order valence-corrected chi connectivity index (χ1v) is 6.46. The van der Waals surface area contributed by atoms with Crippen LogP contribution in [0.5, 0.6) is 0 Å². The summed E-state index contributed by atoms with van der Waals surface area (Å²) in [5.74, 6) is -0.893. The Morgan fingerprint density at radius 2 is 2.00 bits per heavy atom. The molecular weight excluding hydrogens is 280 g/mol. The van der Waals surface area contributed by atoms with E-state index >= 15 is 0 Å². The van der Waals surface area contributed by atoms with Crippen LogP contribution >= 0.6 is 11.6 Å². The summed E-state index contributed by atoms with van der Waals surface area (Å²) in [4.78, 5) is 22.3. The third kappa shape index (κ3) is 3.68. The second kappa shape index (κ2) is 6.34. The number of carboxylic acid groups (broad SMARTS) is 1. The number of carboxylic acids is 1. The highest BCUT2D eigenvalue weighted by Gasteiger charge is 2.06. The van der Waals surface area contributed by atoms with Crippen LogP contribution in [0.2, 0.25) is 5.02 Å². The molecule has 20 heavy (non-hydrogen) atoms. The summed E-state index contributed by atoms with van der Waals surface area (Å²) < 4.78 is 1.29. The van der Waals surface area contributed by atoms with E-state index in [2.05, 4.69) is 5.10 Å². The fraction of sp³-hybridized carbons (Fsp3) is 0.214. The number of hydrogen-bond donors (Lipinski definition) is 1. The predicted molar refractivity (Wildman–Crippen MR) is 75.0 cm³/mol. The van der Waals surface area contributed by atoms with E-state index in [1.165, 1.54) is 10.7 Å². The lowest BCUT2D eigenvalue weighted by Crippen LogP contribution is -2.24. The van der Waals surface area contributed by atoms with E-state index in [-0.39, 0.29) is 24.9 Å². The Labute approximate surface area is 120 Å². The van der Waals surface area contributed by atoms with Crippen LogP contribution in [0.15, 0.2) is 41.2 Å². The minimum atomic E-state index is -0.893. The van der Waals surface area contributed by atoms with Gasteiger partial charge in [-0.15, -0.1) is 0 Å². The molecule has 2 rings (SSSR count). The van der Waals surface area contributed by atoms with Gasteiger partial charge in [0.1, 0.15) is 0 Å². The zero-order valence-electron chi connectivity index (χ0n) is 10.6.